The van der Waals surface area contributed by atoms with Gasteiger partial charge in [0.2, 0.25) is 0 Å². The van der Waals surface area contributed by atoms with Gasteiger partial charge in [0.1, 0.15) is 11.6 Å². The van der Waals surface area contributed by atoms with Gasteiger partial charge in [-0.25, -0.2) is 4.39 Å². The summed E-state index contributed by atoms with van der Waals surface area (Å²) in [5, 5.41) is 3.23. The molecule has 0 saturated carbocycles. The predicted octanol–water partition coefficient (Wildman–Crippen LogP) is 5.06. The van der Waals surface area contributed by atoms with E-state index in [2.05, 4.69) is 37.2 Å². The molecule has 0 fully saturated rings. The maximum absolute atomic E-state index is 13.8. The van der Waals surface area contributed by atoms with E-state index in [1.165, 1.54) is 6.07 Å². The molecular weight excluding hydrogens is 401 g/mol. The first-order chi connectivity index (χ1) is 10.1. The van der Waals surface area contributed by atoms with Crippen molar-refractivity contribution in [3.63, 3.8) is 0 Å². The Hall–Kier alpha value is -0.910. The van der Waals surface area contributed by atoms with Crippen molar-refractivity contribution in [2.45, 2.75) is 13.0 Å². The molecule has 0 saturated heterocycles. The zero-order chi connectivity index (χ0) is 15.4. The standard InChI is InChI=1S/C16H16Br2FNO/c1-3-21-14-8-7-10(17)9-12(14)16(20-2)11-5-4-6-13(19)15(11)18/h4-9,16,20H,3H2,1-2H3. The maximum Gasteiger partial charge on any atom is 0.137 e. The Bertz CT molecular complexity index is 634. The van der Waals surface area contributed by atoms with Crippen LogP contribution in [0.3, 0.4) is 0 Å². The highest BCUT2D eigenvalue weighted by Crippen LogP contribution is 2.36. The highest BCUT2D eigenvalue weighted by Gasteiger charge is 2.20. The Morgan fingerprint density at radius 1 is 1.19 bits per heavy atom. The third kappa shape index (κ3) is 3.65. The summed E-state index contributed by atoms with van der Waals surface area (Å²) in [6, 6.07) is 10.7. The van der Waals surface area contributed by atoms with Gasteiger partial charge in [0.15, 0.2) is 0 Å². The minimum absolute atomic E-state index is 0.172. The van der Waals surface area contributed by atoms with E-state index in [0.717, 1.165) is 21.3 Å². The van der Waals surface area contributed by atoms with Gasteiger partial charge in [0, 0.05) is 10.0 Å². The van der Waals surface area contributed by atoms with Crippen LogP contribution in [0.25, 0.3) is 0 Å². The molecule has 1 N–H and O–H groups in total. The summed E-state index contributed by atoms with van der Waals surface area (Å²) in [4.78, 5) is 0. The number of halogens is 3. The summed E-state index contributed by atoms with van der Waals surface area (Å²) in [5.74, 6) is 0.511. The van der Waals surface area contributed by atoms with Crippen LogP contribution < -0.4 is 10.1 Å². The smallest absolute Gasteiger partial charge is 0.137 e. The highest BCUT2D eigenvalue weighted by atomic mass is 79.9. The zero-order valence-electron chi connectivity index (χ0n) is 11.8. The average molecular weight is 417 g/mol. The maximum atomic E-state index is 13.8. The van der Waals surface area contributed by atoms with Crippen molar-refractivity contribution in [3.05, 3.63) is 62.3 Å². The van der Waals surface area contributed by atoms with Crippen LogP contribution in [0.5, 0.6) is 5.75 Å². The Labute approximate surface area is 141 Å². The van der Waals surface area contributed by atoms with Gasteiger partial charge < -0.3 is 10.1 Å². The van der Waals surface area contributed by atoms with Crippen LogP contribution in [-0.2, 0) is 0 Å². The molecule has 21 heavy (non-hydrogen) atoms. The molecule has 0 aromatic heterocycles. The lowest BCUT2D eigenvalue weighted by atomic mass is 9.98. The summed E-state index contributed by atoms with van der Waals surface area (Å²) in [7, 11) is 1.85. The molecule has 0 spiro atoms. The number of hydrogen-bond donors (Lipinski definition) is 1. The number of nitrogens with one attached hydrogen (secondary N) is 1. The Balaban J connectivity index is 2.55. The van der Waals surface area contributed by atoms with Crippen LogP contribution in [0, 0.1) is 5.82 Å². The van der Waals surface area contributed by atoms with Crippen LogP contribution in [0.1, 0.15) is 24.1 Å². The van der Waals surface area contributed by atoms with Gasteiger partial charge in [0.05, 0.1) is 17.1 Å². The van der Waals surface area contributed by atoms with Crippen LogP contribution in [0.15, 0.2) is 45.3 Å². The predicted molar refractivity (Wildman–Crippen MR) is 90.3 cm³/mol. The highest BCUT2D eigenvalue weighted by molar-refractivity contribution is 9.10. The van der Waals surface area contributed by atoms with Crippen LogP contribution in [-0.4, -0.2) is 13.7 Å². The lowest BCUT2D eigenvalue weighted by Crippen LogP contribution is -2.19. The quantitative estimate of drug-likeness (QED) is 0.735. The number of rotatable bonds is 5. The number of benzene rings is 2. The third-order valence-corrected chi connectivity index (χ3v) is 4.49. The molecular formula is C16H16Br2FNO. The van der Waals surface area contributed by atoms with E-state index in [9.17, 15) is 4.39 Å². The van der Waals surface area contributed by atoms with Gasteiger partial charge in [-0.15, -0.1) is 0 Å². The molecule has 1 unspecified atom stereocenters. The van der Waals surface area contributed by atoms with Crippen molar-refractivity contribution in [2.75, 3.05) is 13.7 Å². The molecule has 0 aliphatic rings. The van der Waals surface area contributed by atoms with Crippen molar-refractivity contribution < 1.29 is 9.13 Å². The van der Waals surface area contributed by atoms with Gasteiger partial charge in [-0.05, 0) is 59.7 Å². The fraction of sp³-hybridized carbons (Fsp3) is 0.250. The van der Waals surface area contributed by atoms with E-state index in [1.807, 2.05) is 38.2 Å². The summed E-state index contributed by atoms with van der Waals surface area (Å²) in [6.07, 6.45) is 0. The SMILES string of the molecule is CCOc1ccc(Br)cc1C(NC)c1cccc(F)c1Br. The van der Waals surface area contributed by atoms with Gasteiger partial charge in [0.25, 0.3) is 0 Å². The number of hydrogen-bond acceptors (Lipinski definition) is 2. The summed E-state index contributed by atoms with van der Waals surface area (Å²) in [6.45, 7) is 2.52. The molecule has 0 aliphatic carbocycles. The van der Waals surface area contributed by atoms with E-state index in [-0.39, 0.29) is 11.9 Å². The molecule has 2 aromatic carbocycles. The van der Waals surface area contributed by atoms with Crippen molar-refractivity contribution >= 4 is 31.9 Å². The first-order valence-corrected chi connectivity index (χ1v) is 8.20. The van der Waals surface area contributed by atoms with Crippen LogP contribution >= 0.6 is 31.9 Å². The molecule has 0 bridgehead atoms. The lowest BCUT2D eigenvalue weighted by Gasteiger charge is -2.22. The topological polar surface area (TPSA) is 21.3 Å². The molecule has 2 nitrogen and oxygen atoms in total. The average Bonchev–Trinajstić information content (AvgIpc) is 2.47. The van der Waals surface area contributed by atoms with E-state index >= 15 is 0 Å². The first kappa shape index (κ1) is 16.5. The van der Waals surface area contributed by atoms with Gasteiger partial charge in [-0.1, -0.05) is 28.1 Å². The monoisotopic (exact) mass is 415 g/mol. The summed E-state index contributed by atoms with van der Waals surface area (Å²) >= 11 is 6.81. The van der Waals surface area contributed by atoms with Crippen molar-refractivity contribution in [2.24, 2.45) is 0 Å². The second-order valence-electron chi connectivity index (χ2n) is 4.48. The summed E-state index contributed by atoms with van der Waals surface area (Å²) in [5.41, 5.74) is 1.79. The minimum Gasteiger partial charge on any atom is -0.494 e. The number of ether oxygens (including phenoxy) is 1. The fourth-order valence-corrected chi connectivity index (χ4v) is 3.13. The second-order valence-corrected chi connectivity index (χ2v) is 6.19. The molecule has 2 aromatic rings. The molecule has 0 amide bonds. The first-order valence-electron chi connectivity index (χ1n) is 6.61. The van der Waals surface area contributed by atoms with E-state index in [1.54, 1.807) is 6.07 Å². The molecule has 0 heterocycles. The molecule has 0 radical (unpaired) electrons. The zero-order valence-corrected chi connectivity index (χ0v) is 15.0. The second kappa shape index (κ2) is 7.38. The molecule has 5 heteroatoms. The Kier molecular flexibility index (Phi) is 5.79. The van der Waals surface area contributed by atoms with Gasteiger partial charge in [-0.3, -0.25) is 0 Å². The van der Waals surface area contributed by atoms with Crippen molar-refractivity contribution in [3.8, 4) is 5.75 Å². The van der Waals surface area contributed by atoms with E-state index in [4.69, 9.17) is 4.74 Å². The lowest BCUT2D eigenvalue weighted by molar-refractivity contribution is 0.334. The molecule has 112 valence electrons. The summed E-state index contributed by atoms with van der Waals surface area (Å²) < 4.78 is 20.9. The Morgan fingerprint density at radius 2 is 1.95 bits per heavy atom. The van der Waals surface area contributed by atoms with Crippen molar-refractivity contribution in [1.29, 1.82) is 0 Å². The van der Waals surface area contributed by atoms with E-state index < -0.39 is 0 Å². The third-order valence-electron chi connectivity index (χ3n) is 3.16. The molecule has 2 rings (SSSR count). The Morgan fingerprint density at radius 3 is 2.62 bits per heavy atom. The fourth-order valence-electron chi connectivity index (χ4n) is 2.25. The van der Waals surface area contributed by atoms with Gasteiger partial charge in [-0.2, -0.15) is 0 Å². The van der Waals surface area contributed by atoms with Crippen LogP contribution in [0.4, 0.5) is 4.39 Å². The van der Waals surface area contributed by atoms with E-state index in [0.29, 0.717) is 11.1 Å². The molecule has 0 aliphatic heterocycles. The molecule has 1 atom stereocenters. The largest absolute Gasteiger partial charge is 0.494 e. The van der Waals surface area contributed by atoms with Crippen molar-refractivity contribution in [1.82, 2.24) is 5.32 Å². The normalized spacial score (nSPS) is 12.2. The van der Waals surface area contributed by atoms with Gasteiger partial charge >= 0.3 is 0 Å². The minimum atomic E-state index is -0.277. The van der Waals surface area contributed by atoms with Crippen LogP contribution in [0.2, 0.25) is 0 Å².